The number of benzene rings is 1. The first-order valence-electron chi connectivity index (χ1n) is 12.9. The maximum atomic E-state index is 6.00. The summed E-state index contributed by atoms with van der Waals surface area (Å²) in [5.41, 5.74) is 5.03. The van der Waals surface area contributed by atoms with E-state index in [1.165, 1.54) is 63.1 Å². The minimum Gasteiger partial charge on any atom is -0.372 e. The van der Waals surface area contributed by atoms with Crippen molar-refractivity contribution in [3.8, 4) is 0 Å². The van der Waals surface area contributed by atoms with Gasteiger partial charge in [-0.3, -0.25) is 4.90 Å². The molecule has 31 heavy (non-hydrogen) atoms. The van der Waals surface area contributed by atoms with Crippen molar-refractivity contribution in [2.24, 2.45) is 5.41 Å². The number of hydrogen-bond acceptors (Lipinski definition) is 4. The molecule has 0 unspecified atom stereocenters. The van der Waals surface area contributed by atoms with Gasteiger partial charge in [-0.2, -0.15) is 0 Å². The van der Waals surface area contributed by atoms with Gasteiger partial charge in [0.05, 0.1) is 12.2 Å². The third-order valence-electron chi connectivity index (χ3n) is 7.83. The van der Waals surface area contributed by atoms with Crippen LogP contribution in [0.15, 0.2) is 18.2 Å². The molecule has 4 heteroatoms. The topological polar surface area (TPSA) is 19.0 Å². The van der Waals surface area contributed by atoms with E-state index in [4.69, 9.17) is 4.74 Å². The molecule has 0 amide bonds. The summed E-state index contributed by atoms with van der Waals surface area (Å²) in [6.07, 6.45) is 7.20. The van der Waals surface area contributed by atoms with Crippen molar-refractivity contribution >= 4 is 11.4 Å². The van der Waals surface area contributed by atoms with E-state index in [0.29, 0.717) is 23.5 Å². The molecule has 2 atom stereocenters. The van der Waals surface area contributed by atoms with E-state index < -0.39 is 0 Å². The second-order valence-electron chi connectivity index (χ2n) is 11.2. The molecule has 0 spiro atoms. The Morgan fingerprint density at radius 1 is 0.935 bits per heavy atom. The van der Waals surface area contributed by atoms with E-state index in [2.05, 4.69) is 67.5 Å². The standard InChI is InChI=1S/C27H45N3O/c1-6-13-28-14-16-29(17-15-28)26-8-7-24(30-19-21(2)31-22(3)20-30)18-25(26)23-9-11-27(4,5)12-10-23/h7-8,18,21-23H,6,9-17,19-20H2,1-5H3/t21-,22+. The lowest BCUT2D eigenvalue weighted by atomic mass is 9.71. The molecule has 0 bridgehead atoms. The minimum atomic E-state index is 0.300. The Bertz CT molecular complexity index is 705. The predicted octanol–water partition coefficient (Wildman–Crippen LogP) is 5.52. The third-order valence-corrected chi connectivity index (χ3v) is 7.83. The van der Waals surface area contributed by atoms with Crippen LogP contribution in [-0.2, 0) is 4.74 Å². The molecule has 1 saturated carbocycles. The fourth-order valence-electron chi connectivity index (χ4n) is 5.98. The van der Waals surface area contributed by atoms with E-state index in [-0.39, 0.29) is 0 Å². The van der Waals surface area contributed by atoms with E-state index in [1.54, 1.807) is 5.56 Å². The molecule has 174 valence electrons. The van der Waals surface area contributed by atoms with Crippen molar-refractivity contribution in [3.63, 3.8) is 0 Å². The third kappa shape index (κ3) is 5.57. The molecule has 2 aliphatic heterocycles. The van der Waals surface area contributed by atoms with Gasteiger partial charge in [0, 0.05) is 50.6 Å². The molecule has 0 N–H and O–H groups in total. The first-order valence-corrected chi connectivity index (χ1v) is 12.9. The van der Waals surface area contributed by atoms with E-state index in [0.717, 1.165) is 26.2 Å². The molecule has 4 nitrogen and oxygen atoms in total. The lowest BCUT2D eigenvalue weighted by Crippen LogP contribution is -2.47. The Balaban J connectivity index is 1.58. The SMILES string of the molecule is CCCN1CCN(c2ccc(N3C[C@@H](C)O[C@@H](C)C3)cc2C2CCC(C)(C)CC2)CC1. The zero-order valence-corrected chi connectivity index (χ0v) is 20.7. The average molecular weight is 428 g/mol. The Morgan fingerprint density at radius 3 is 2.19 bits per heavy atom. The molecule has 1 aromatic carbocycles. The highest BCUT2D eigenvalue weighted by Crippen LogP contribution is 2.45. The first kappa shape index (κ1) is 22.9. The first-order chi connectivity index (χ1) is 14.8. The normalized spacial score (nSPS) is 28.2. The predicted molar refractivity (Wildman–Crippen MR) is 133 cm³/mol. The van der Waals surface area contributed by atoms with Gasteiger partial charge in [0.15, 0.2) is 0 Å². The van der Waals surface area contributed by atoms with Gasteiger partial charge in [-0.25, -0.2) is 0 Å². The van der Waals surface area contributed by atoms with Gasteiger partial charge in [0.1, 0.15) is 0 Å². The average Bonchev–Trinajstić information content (AvgIpc) is 2.74. The quantitative estimate of drug-likeness (QED) is 0.616. The van der Waals surface area contributed by atoms with Crippen molar-refractivity contribution in [1.82, 2.24) is 4.90 Å². The van der Waals surface area contributed by atoms with Crippen molar-refractivity contribution in [3.05, 3.63) is 23.8 Å². The molecule has 2 heterocycles. The van der Waals surface area contributed by atoms with Crippen molar-refractivity contribution in [2.75, 3.05) is 55.6 Å². The summed E-state index contributed by atoms with van der Waals surface area (Å²) >= 11 is 0. The number of nitrogens with zero attached hydrogens (tertiary/aromatic N) is 3. The highest BCUT2D eigenvalue weighted by molar-refractivity contribution is 5.64. The molecule has 3 fully saturated rings. The molecule has 0 aromatic heterocycles. The minimum absolute atomic E-state index is 0.300. The highest BCUT2D eigenvalue weighted by Gasteiger charge is 2.31. The second-order valence-corrected chi connectivity index (χ2v) is 11.2. The van der Waals surface area contributed by atoms with Crippen LogP contribution in [0.4, 0.5) is 11.4 Å². The van der Waals surface area contributed by atoms with Crippen molar-refractivity contribution in [2.45, 2.75) is 84.8 Å². The summed E-state index contributed by atoms with van der Waals surface area (Å²) in [5.74, 6) is 0.701. The summed E-state index contributed by atoms with van der Waals surface area (Å²) in [4.78, 5) is 7.86. The zero-order chi connectivity index (χ0) is 22.0. The molecular formula is C27H45N3O. The summed E-state index contributed by atoms with van der Waals surface area (Å²) in [6.45, 7) is 19.6. The second kappa shape index (κ2) is 9.70. The van der Waals surface area contributed by atoms with Crippen LogP contribution in [0.5, 0.6) is 0 Å². The van der Waals surface area contributed by atoms with Gasteiger partial charge in [0.2, 0.25) is 0 Å². The molecule has 1 aliphatic carbocycles. The van der Waals surface area contributed by atoms with Crippen LogP contribution in [0.3, 0.4) is 0 Å². The smallest absolute Gasteiger partial charge is 0.0726 e. The molecule has 2 saturated heterocycles. The Kier molecular flexibility index (Phi) is 7.17. The van der Waals surface area contributed by atoms with Crippen LogP contribution in [0.2, 0.25) is 0 Å². The van der Waals surface area contributed by atoms with Crippen LogP contribution in [0, 0.1) is 5.41 Å². The van der Waals surface area contributed by atoms with Crippen LogP contribution in [0.25, 0.3) is 0 Å². The molecule has 1 aromatic rings. The highest BCUT2D eigenvalue weighted by atomic mass is 16.5. The van der Waals surface area contributed by atoms with E-state index >= 15 is 0 Å². The fourth-order valence-corrected chi connectivity index (χ4v) is 5.98. The molecule has 3 aliphatic rings. The van der Waals surface area contributed by atoms with Crippen molar-refractivity contribution in [1.29, 1.82) is 0 Å². The number of piperazine rings is 1. The number of morpholine rings is 1. The summed E-state index contributed by atoms with van der Waals surface area (Å²) in [5, 5.41) is 0. The monoisotopic (exact) mass is 427 g/mol. The van der Waals surface area contributed by atoms with Crippen LogP contribution >= 0.6 is 0 Å². The zero-order valence-electron chi connectivity index (χ0n) is 20.7. The lowest BCUT2D eigenvalue weighted by Gasteiger charge is -2.41. The maximum Gasteiger partial charge on any atom is 0.0726 e. The maximum absolute atomic E-state index is 6.00. The number of hydrogen-bond donors (Lipinski definition) is 0. The van der Waals surface area contributed by atoms with E-state index in [1.807, 2.05) is 0 Å². The van der Waals surface area contributed by atoms with Gasteiger partial charge in [0.25, 0.3) is 0 Å². The Labute approximate surface area is 190 Å². The fraction of sp³-hybridized carbons (Fsp3) is 0.778. The van der Waals surface area contributed by atoms with Gasteiger partial charge < -0.3 is 14.5 Å². The van der Waals surface area contributed by atoms with Crippen LogP contribution < -0.4 is 9.80 Å². The van der Waals surface area contributed by atoms with Crippen molar-refractivity contribution < 1.29 is 4.74 Å². The summed E-state index contributed by atoms with van der Waals surface area (Å²) in [7, 11) is 0. The van der Waals surface area contributed by atoms with Gasteiger partial charge in [-0.15, -0.1) is 0 Å². The summed E-state index contributed by atoms with van der Waals surface area (Å²) in [6, 6.07) is 7.39. The molecular weight excluding hydrogens is 382 g/mol. The van der Waals surface area contributed by atoms with Gasteiger partial charge in [-0.05, 0) is 87.6 Å². The largest absolute Gasteiger partial charge is 0.372 e. The Morgan fingerprint density at radius 2 is 1.58 bits per heavy atom. The molecule has 0 radical (unpaired) electrons. The summed E-state index contributed by atoms with van der Waals surface area (Å²) < 4.78 is 6.00. The molecule has 4 rings (SSSR count). The van der Waals surface area contributed by atoms with Crippen LogP contribution in [-0.4, -0.2) is 62.9 Å². The lowest BCUT2D eigenvalue weighted by molar-refractivity contribution is -0.00522. The Hall–Kier alpha value is -1.26. The number of anilines is 2. The van der Waals surface area contributed by atoms with Crippen LogP contribution in [0.1, 0.15) is 78.2 Å². The van der Waals surface area contributed by atoms with E-state index in [9.17, 15) is 0 Å². The van der Waals surface area contributed by atoms with Gasteiger partial charge in [-0.1, -0.05) is 20.8 Å². The number of ether oxygens (including phenoxy) is 1. The number of rotatable bonds is 5. The van der Waals surface area contributed by atoms with Gasteiger partial charge >= 0.3 is 0 Å².